The maximum atomic E-state index is 11.7. The molecule has 2 rings (SSSR count). The van der Waals surface area contributed by atoms with Crippen LogP contribution in [0.3, 0.4) is 0 Å². The zero-order valence-electron chi connectivity index (χ0n) is 10.6. The van der Waals surface area contributed by atoms with Gasteiger partial charge in [-0.3, -0.25) is 14.9 Å². The van der Waals surface area contributed by atoms with Gasteiger partial charge in [-0.15, -0.1) is 10.2 Å². The summed E-state index contributed by atoms with van der Waals surface area (Å²) in [6.07, 6.45) is 2.54. The molecule has 21 heavy (non-hydrogen) atoms. The van der Waals surface area contributed by atoms with Gasteiger partial charge >= 0.3 is 0 Å². The van der Waals surface area contributed by atoms with Crippen molar-refractivity contribution in [3.8, 4) is 0 Å². The zero-order chi connectivity index (χ0) is 15.2. The van der Waals surface area contributed by atoms with E-state index in [9.17, 15) is 14.9 Å². The van der Waals surface area contributed by atoms with E-state index in [0.29, 0.717) is 5.56 Å². The Bertz CT molecular complexity index is 701. The summed E-state index contributed by atoms with van der Waals surface area (Å²) in [5, 5.41) is 20.7. The Hall–Kier alpha value is -2.80. The third-order valence-corrected chi connectivity index (χ3v) is 2.63. The number of anilines is 1. The number of rotatable bonds is 4. The van der Waals surface area contributed by atoms with Crippen LogP contribution in [-0.2, 0) is 4.79 Å². The molecule has 0 aliphatic rings. The van der Waals surface area contributed by atoms with Gasteiger partial charge in [0.05, 0.1) is 10.5 Å². The second kappa shape index (κ2) is 6.58. The van der Waals surface area contributed by atoms with Crippen LogP contribution in [0.2, 0.25) is 5.15 Å². The lowest BCUT2D eigenvalue weighted by molar-refractivity contribution is -0.385. The molecular weight excluding hydrogens is 296 g/mol. The van der Waals surface area contributed by atoms with E-state index < -0.39 is 10.8 Å². The van der Waals surface area contributed by atoms with Crippen molar-refractivity contribution in [3.05, 3.63) is 63.3 Å². The Labute approximate surface area is 124 Å². The predicted octanol–water partition coefficient (Wildman–Crippen LogP) is 2.69. The van der Waals surface area contributed by atoms with E-state index in [1.807, 2.05) is 0 Å². The van der Waals surface area contributed by atoms with Gasteiger partial charge < -0.3 is 5.32 Å². The molecule has 0 aliphatic heterocycles. The van der Waals surface area contributed by atoms with Gasteiger partial charge in [-0.1, -0.05) is 23.7 Å². The predicted molar refractivity (Wildman–Crippen MR) is 77.8 cm³/mol. The summed E-state index contributed by atoms with van der Waals surface area (Å²) in [5.41, 5.74) is 0.257. The van der Waals surface area contributed by atoms with Crippen LogP contribution in [0.5, 0.6) is 0 Å². The number of nitro benzene ring substituents is 1. The molecule has 1 aromatic heterocycles. The van der Waals surface area contributed by atoms with E-state index in [1.54, 1.807) is 18.2 Å². The van der Waals surface area contributed by atoms with Crippen LogP contribution in [-0.4, -0.2) is 21.0 Å². The van der Waals surface area contributed by atoms with Gasteiger partial charge in [-0.05, 0) is 24.3 Å². The molecule has 0 unspecified atom stereocenters. The number of aromatic nitrogens is 2. The van der Waals surface area contributed by atoms with Gasteiger partial charge in [0.1, 0.15) is 0 Å². The first-order valence-electron chi connectivity index (χ1n) is 5.78. The maximum absolute atomic E-state index is 11.7. The molecule has 0 saturated carbocycles. The summed E-state index contributed by atoms with van der Waals surface area (Å²) in [4.78, 5) is 22.0. The minimum absolute atomic E-state index is 0.0761. The number of hydrogen-bond donors (Lipinski definition) is 1. The molecule has 1 N–H and O–H groups in total. The van der Waals surface area contributed by atoms with Crippen LogP contribution in [0.15, 0.2) is 42.5 Å². The first-order chi connectivity index (χ1) is 10.1. The summed E-state index contributed by atoms with van der Waals surface area (Å²) in [6, 6.07) is 9.09. The molecule has 106 valence electrons. The van der Waals surface area contributed by atoms with Gasteiger partial charge in [-0.2, -0.15) is 0 Å². The molecular formula is C13H9ClN4O3. The lowest BCUT2D eigenvalue weighted by atomic mass is 10.1. The van der Waals surface area contributed by atoms with Crippen molar-refractivity contribution >= 4 is 35.1 Å². The van der Waals surface area contributed by atoms with Crippen LogP contribution in [0.4, 0.5) is 11.5 Å². The fourth-order valence-electron chi connectivity index (χ4n) is 1.51. The Morgan fingerprint density at radius 3 is 2.67 bits per heavy atom. The Balaban J connectivity index is 2.09. The van der Waals surface area contributed by atoms with E-state index in [-0.39, 0.29) is 16.7 Å². The van der Waals surface area contributed by atoms with Crippen molar-refractivity contribution in [2.75, 3.05) is 5.32 Å². The van der Waals surface area contributed by atoms with Crippen molar-refractivity contribution < 1.29 is 9.72 Å². The third-order valence-electron chi connectivity index (χ3n) is 2.43. The van der Waals surface area contributed by atoms with Crippen LogP contribution < -0.4 is 5.32 Å². The normalized spacial score (nSPS) is 10.5. The lowest BCUT2D eigenvalue weighted by Gasteiger charge is -2.00. The van der Waals surface area contributed by atoms with Gasteiger partial charge in [-0.25, -0.2) is 0 Å². The topological polar surface area (TPSA) is 98.0 Å². The third kappa shape index (κ3) is 4.08. The molecule has 0 saturated heterocycles. The minimum Gasteiger partial charge on any atom is -0.306 e. The highest BCUT2D eigenvalue weighted by Gasteiger charge is 2.09. The molecule has 0 spiro atoms. The Morgan fingerprint density at radius 1 is 1.24 bits per heavy atom. The molecule has 1 amide bonds. The van der Waals surface area contributed by atoms with Crippen LogP contribution in [0.1, 0.15) is 5.56 Å². The number of hydrogen-bond acceptors (Lipinski definition) is 5. The summed E-state index contributed by atoms with van der Waals surface area (Å²) >= 11 is 5.57. The minimum atomic E-state index is -0.512. The number of carbonyl (C=O) groups is 1. The number of carbonyl (C=O) groups excluding carboxylic acids is 1. The van der Waals surface area contributed by atoms with Crippen molar-refractivity contribution in [3.63, 3.8) is 0 Å². The summed E-state index contributed by atoms with van der Waals surface area (Å²) < 4.78 is 0. The second-order valence-electron chi connectivity index (χ2n) is 3.88. The van der Waals surface area contributed by atoms with Crippen molar-refractivity contribution in [1.29, 1.82) is 0 Å². The van der Waals surface area contributed by atoms with Gasteiger partial charge in [0.25, 0.3) is 5.69 Å². The van der Waals surface area contributed by atoms with E-state index in [1.165, 1.54) is 30.4 Å². The van der Waals surface area contributed by atoms with Crippen LogP contribution in [0, 0.1) is 10.1 Å². The molecule has 0 aliphatic carbocycles. The number of nitrogens with zero attached hydrogens (tertiary/aromatic N) is 3. The summed E-state index contributed by atoms with van der Waals surface area (Å²) in [5.74, 6) is -0.249. The lowest BCUT2D eigenvalue weighted by Crippen LogP contribution is -2.09. The number of halogens is 1. The zero-order valence-corrected chi connectivity index (χ0v) is 11.3. The monoisotopic (exact) mass is 304 g/mol. The first kappa shape index (κ1) is 14.6. The number of para-hydroxylation sites is 1. The maximum Gasteiger partial charge on any atom is 0.276 e. The fourth-order valence-corrected chi connectivity index (χ4v) is 1.61. The van der Waals surface area contributed by atoms with Crippen molar-refractivity contribution in [1.82, 2.24) is 10.2 Å². The molecule has 1 heterocycles. The van der Waals surface area contributed by atoms with E-state index in [4.69, 9.17) is 11.6 Å². The highest BCUT2D eigenvalue weighted by atomic mass is 35.5. The van der Waals surface area contributed by atoms with Gasteiger partial charge in [0.15, 0.2) is 11.0 Å². The van der Waals surface area contributed by atoms with E-state index in [0.717, 1.165) is 0 Å². The molecule has 0 fully saturated rings. The fraction of sp³-hybridized carbons (Fsp3) is 0. The SMILES string of the molecule is O=C(/C=C/c1ccccc1[N+](=O)[O-])Nc1ccc(Cl)nn1. The highest BCUT2D eigenvalue weighted by Crippen LogP contribution is 2.18. The second-order valence-corrected chi connectivity index (χ2v) is 4.27. The highest BCUT2D eigenvalue weighted by molar-refractivity contribution is 6.29. The molecule has 0 atom stereocenters. The molecule has 0 radical (unpaired) electrons. The van der Waals surface area contributed by atoms with Crippen molar-refractivity contribution in [2.24, 2.45) is 0 Å². The van der Waals surface area contributed by atoms with Crippen LogP contribution >= 0.6 is 11.6 Å². The molecule has 7 nitrogen and oxygen atoms in total. The molecule has 2 aromatic rings. The largest absolute Gasteiger partial charge is 0.306 e. The number of benzene rings is 1. The number of amides is 1. The van der Waals surface area contributed by atoms with E-state index >= 15 is 0 Å². The van der Waals surface area contributed by atoms with Crippen molar-refractivity contribution in [2.45, 2.75) is 0 Å². The summed E-state index contributed by atoms with van der Waals surface area (Å²) in [7, 11) is 0. The number of nitrogens with one attached hydrogen (secondary N) is 1. The standard InChI is InChI=1S/C13H9ClN4O3/c14-11-6-7-12(17-16-11)15-13(19)8-5-9-3-1-2-4-10(9)18(20)21/h1-8H,(H,15,17,19)/b8-5+. The summed E-state index contributed by atoms with van der Waals surface area (Å²) in [6.45, 7) is 0. The molecule has 1 aromatic carbocycles. The smallest absolute Gasteiger partial charge is 0.276 e. The first-order valence-corrected chi connectivity index (χ1v) is 6.16. The van der Waals surface area contributed by atoms with Gasteiger partial charge in [0, 0.05) is 12.1 Å². The average Bonchev–Trinajstić information content (AvgIpc) is 2.48. The molecule has 8 heteroatoms. The number of nitro groups is 1. The van der Waals surface area contributed by atoms with E-state index in [2.05, 4.69) is 15.5 Å². The molecule has 0 bridgehead atoms. The van der Waals surface area contributed by atoms with Gasteiger partial charge in [0.2, 0.25) is 5.91 Å². The Morgan fingerprint density at radius 2 is 2.00 bits per heavy atom. The quantitative estimate of drug-likeness (QED) is 0.532. The average molecular weight is 305 g/mol. The van der Waals surface area contributed by atoms with Crippen LogP contribution in [0.25, 0.3) is 6.08 Å². The Kier molecular flexibility index (Phi) is 4.57.